The highest BCUT2D eigenvalue weighted by atomic mass is 35.5. The van der Waals surface area contributed by atoms with Gasteiger partial charge in [0.1, 0.15) is 0 Å². The smallest absolute Gasteiger partial charge is 0.278 e. The molecule has 0 aliphatic heterocycles. The monoisotopic (exact) mass is 395 g/mol. The largest absolute Gasteiger partial charge is 0.394 e. The zero-order chi connectivity index (χ0) is 19.4. The Labute approximate surface area is 158 Å². The number of benzene rings is 1. The number of nitrogens with one attached hydrogen (secondary N) is 2. The molecule has 2 heterocycles. The van der Waals surface area contributed by atoms with Gasteiger partial charge in [-0.3, -0.25) is 14.5 Å². The Hall–Kier alpha value is -2.49. The van der Waals surface area contributed by atoms with Crippen LogP contribution in [0, 0.1) is 12.9 Å². The van der Waals surface area contributed by atoms with Gasteiger partial charge in [0.15, 0.2) is 11.0 Å². The summed E-state index contributed by atoms with van der Waals surface area (Å²) in [5, 5.41) is 16.0. The molecular weight excluding hydrogens is 377 g/mol. The van der Waals surface area contributed by atoms with Crippen LogP contribution in [0.2, 0.25) is 5.02 Å². The first-order chi connectivity index (χ1) is 13.0. The van der Waals surface area contributed by atoms with E-state index >= 15 is 0 Å². The molecule has 0 aliphatic rings. The van der Waals surface area contributed by atoms with E-state index in [-0.39, 0.29) is 43.3 Å². The van der Waals surface area contributed by atoms with Crippen LogP contribution < -0.4 is 10.9 Å². The highest BCUT2D eigenvalue weighted by molar-refractivity contribution is 6.31. The first-order valence-electron chi connectivity index (χ1n) is 8.33. The average molecular weight is 396 g/mol. The van der Waals surface area contributed by atoms with Crippen molar-refractivity contribution < 1.29 is 14.2 Å². The molecule has 0 saturated heterocycles. The number of hydrogen-bond donors (Lipinski definition) is 3. The predicted molar refractivity (Wildman–Crippen MR) is 99.5 cm³/mol. The number of anilines is 1. The fourth-order valence-corrected chi connectivity index (χ4v) is 2.75. The van der Waals surface area contributed by atoms with Crippen molar-refractivity contribution in [2.24, 2.45) is 0 Å². The minimum atomic E-state index is -0.834. The number of hydrogen-bond acceptors (Lipinski definition) is 6. The summed E-state index contributed by atoms with van der Waals surface area (Å²) in [6.07, 6.45) is 0. The summed E-state index contributed by atoms with van der Waals surface area (Å²) >= 11 is 6.10. The third-order valence-electron chi connectivity index (χ3n) is 3.94. The molecule has 144 valence electrons. The summed E-state index contributed by atoms with van der Waals surface area (Å²) in [6, 6.07) is 5.60. The number of halogens is 2. The SMILES string of the molecule is Cc1ccc(CNc2nc3c(F)nn(CCOCCO)c3c(=O)[nH]2)cc1Cl. The van der Waals surface area contributed by atoms with Gasteiger partial charge in [-0.2, -0.15) is 4.39 Å². The number of aryl methyl sites for hydroxylation is 1. The van der Waals surface area contributed by atoms with Crippen LogP contribution in [0.5, 0.6) is 0 Å². The number of aromatic nitrogens is 4. The Morgan fingerprint density at radius 2 is 2.22 bits per heavy atom. The second-order valence-electron chi connectivity index (χ2n) is 5.90. The topological polar surface area (TPSA) is 105 Å². The van der Waals surface area contributed by atoms with Gasteiger partial charge in [-0.05, 0) is 24.1 Å². The standard InChI is InChI=1S/C17H19ClFN5O3/c1-10-2-3-11(8-12(10)18)9-20-17-21-13-14(16(26)22-17)24(23-15(13)19)4-6-27-7-5-25/h2-3,8,25H,4-7,9H2,1H3,(H2,20,21,22,26). The lowest BCUT2D eigenvalue weighted by Crippen LogP contribution is -2.17. The van der Waals surface area contributed by atoms with Crippen LogP contribution in [0.1, 0.15) is 11.1 Å². The fraction of sp³-hybridized carbons (Fsp3) is 0.353. The molecule has 3 N–H and O–H groups in total. The number of fused-ring (bicyclic) bond motifs is 1. The number of aliphatic hydroxyl groups excluding tert-OH is 1. The van der Waals surface area contributed by atoms with E-state index in [0.29, 0.717) is 11.6 Å². The lowest BCUT2D eigenvalue weighted by atomic mass is 10.1. The van der Waals surface area contributed by atoms with Gasteiger partial charge in [-0.25, -0.2) is 4.98 Å². The maximum Gasteiger partial charge on any atom is 0.278 e. The highest BCUT2D eigenvalue weighted by Gasteiger charge is 2.16. The van der Waals surface area contributed by atoms with Gasteiger partial charge in [0, 0.05) is 11.6 Å². The molecule has 0 bridgehead atoms. The Morgan fingerprint density at radius 3 is 2.96 bits per heavy atom. The van der Waals surface area contributed by atoms with Crippen LogP contribution in [-0.2, 0) is 17.8 Å². The summed E-state index contributed by atoms with van der Waals surface area (Å²) in [5.41, 5.74) is 1.26. The molecule has 3 rings (SSSR count). The lowest BCUT2D eigenvalue weighted by Gasteiger charge is -2.07. The average Bonchev–Trinajstić information content (AvgIpc) is 2.96. The molecule has 0 atom stereocenters. The predicted octanol–water partition coefficient (Wildman–Crippen LogP) is 1.84. The van der Waals surface area contributed by atoms with Crippen LogP contribution in [0.4, 0.5) is 10.3 Å². The molecule has 27 heavy (non-hydrogen) atoms. The number of ether oxygens (including phenoxy) is 1. The normalized spacial score (nSPS) is 11.3. The van der Waals surface area contributed by atoms with Gasteiger partial charge in [0.25, 0.3) is 11.5 Å². The van der Waals surface area contributed by atoms with E-state index < -0.39 is 11.5 Å². The van der Waals surface area contributed by atoms with Crippen LogP contribution >= 0.6 is 11.6 Å². The molecule has 1 aromatic carbocycles. The van der Waals surface area contributed by atoms with Crippen molar-refractivity contribution in [1.82, 2.24) is 19.7 Å². The van der Waals surface area contributed by atoms with E-state index in [0.717, 1.165) is 11.1 Å². The summed E-state index contributed by atoms with van der Waals surface area (Å²) in [6.45, 7) is 2.66. The number of H-pyrrole nitrogens is 1. The van der Waals surface area contributed by atoms with Crippen molar-refractivity contribution in [3.8, 4) is 0 Å². The van der Waals surface area contributed by atoms with Crippen molar-refractivity contribution in [1.29, 1.82) is 0 Å². The third-order valence-corrected chi connectivity index (χ3v) is 4.34. The Balaban J connectivity index is 1.78. The minimum absolute atomic E-state index is 0.0315. The second-order valence-corrected chi connectivity index (χ2v) is 6.31. The Bertz CT molecular complexity index is 1000. The van der Waals surface area contributed by atoms with Crippen molar-refractivity contribution in [3.05, 3.63) is 50.7 Å². The van der Waals surface area contributed by atoms with E-state index in [1.165, 1.54) is 4.68 Å². The van der Waals surface area contributed by atoms with Crippen LogP contribution in [0.3, 0.4) is 0 Å². The molecule has 10 heteroatoms. The molecular formula is C17H19ClFN5O3. The molecule has 0 radical (unpaired) electrons. The summed E-state index contributed by atoms with van der Waals surface area (Å²) < 4.78 is 20.5. The molecule has 0 unspecified atom stereocenters. The van der Waals surface area contributed by atoms with E-state index in [9.17, 15) is 9.18 Å². The quantitative estimate of drug-likeness (QED) is 0.503. The summed E-state index contributed by atoms with van der Waals surface area (Å²) in [4.78, 5) is 19.1. The first-order valence-corrected chi connectivity index (χ1v) is 8.71. The van der Waals surface area contributed by atoms with Gasteiger partial charge >= 0.3 is 0 Å². The van der Waals surface area contributed by atoms with E-state index in [1.54, 1.807) is 0 Å². The maximum atomic E-state index is 14.1. The number of nitrogens with zero attached hydrogens (tertiary/aromatic N) is 3. The molecule has 8 nitrogen and oxygen atoms in total. The molecule has 0 spiro atoms. The van der Waals surface area contributed by atoms with Crippen molar-refractivity contribution in [3.63, 3.8) is 0 Å². The zero-order valence-corrected chi connectivity index (χ0v) is 15.4. The molecule has 0 saturated carbocycles. The van der Waals surface area contributed by atoms with Gasteiger partial charge < -0.3 is 15.2 Å². The summed E-state index contributed by atoms with van der Waals surface area (Å²) in [5.74, 6) is -0.695. The molecule has 0 fully saturated rings. The van der Waals surface area contributed by atoms with Crippen LogP contribution in [0.25, 0.3) is 11.0 Å². The molecule has 0 amide bonds. The molecule has 2 aromatic heterocycles. The van der Waals surface area contributed by atoms with Crippen molar-refractivity contribution in [2.45, 2.75) is 20.0 Å². The van der Waals surface area contributed by atoms with Gasteiger partial charge in [0.05, 0.1) is 26.4 Å². The van der Waals surface area contributed by atoms with E-state index in [2.05, 4.69) is 20.4 Å². The van der Waals surface area contributed by atoms with Gasteiger partial charge in [-0.15, -0.1) is 5.10 Å². The number of rotatable bonds is 8. The van der Waals surface area contributed by atoms with Gasteiger partial charge in [-0.1, -0.05) is 23.7 Å². The Morgan fingerprint density at radius 1 is 1.41 bits per heavy atom. The third kappa shape index (κ3) is 4.44. The minimum Gasteiger partial charge on any atom is -0.394 e. The van der Waals surface area contributed by atoms with Crippen LogP contribution in [-0.4, -0.2) is 44.7 Å². The summed E-state index contributed by atoms with van der Waals surface area (Å²) in [7, 11) is 0. The number of aromatic amines is 1. The first kappa shape index (κ1) is 19.3. The van der Waals surface area contributed by atoms with E-state index in [1.807, 2.05) is 25.1 Å². The Kier molecular flexibility index (Phi) is 6.04. The zero-order valence-electron chi connectivity index (χ0n) is 14.6. The fourth-order valence-electron chi connectivity index (χ4n) is 2.55. The van der Waals surface area contributed by atoms with Crippen LogP contribution in [0.15, 0.2) is 23.0 Å². The van der Waals surface area contributed by atoms with Crippen molar-refractivity contribution in [2.75, 3.05) is 25.1 Å². The maximum absolute atomic E-state index is 14.1. The second kappa shape index (κ2) is 8.47. The molecule has 0 aliphatic carbocycles. The van der Waals surface area contributed by atoms with E-state index in [4.69, 9.17) is 21.4 Å². The highest BCUT2D eigenvalue weighted by Crippen LogP contribution is 2.18. The lowest BCUT2D eigenvalue weighted by molar-refractivity contribution is 0.0857. The molecule has 3 aromatic rings. The van der Waals surface area contributed by atoms with Crippen molar-refractivity contribution >= 4 is 28.6 Å². The van der Waals surface area contributed by atoms with Gasteiger partial charge in [0.2, 0.25) is 5.95 Å². The number of aliphatic hydroxyl groups is 1.